The highest BCUT2D eigenvalue weighted by Crippen LogP contribution is 2.27. The van der Waals surface area contributed by atoms with E-state index in [0.717, 1.165) is 11.3 Å². The predicted molar refractivity (Wildman–Crippen MR) is 93.2 cm³/mol. The average molecular weight is 342 g/mol. The van der Waals surface area contributed by atoms with Gasteiger partial charge in [-0.25, -0.2) is 9.18 Å². The second-order valence-corrected chi connectivity index (χ2v) is 5.79. The van der Waals surface area contributed by atoms with Crippen molar-refractivity contribution in [1.29, 1.82) is 0 Å². The maximum Gasteiger partial charge on any atom is 0.330 e. The number of hydrogen-bond acceptors (Lipinski definition) is 5. The molecule has 6 heteroatoms. The number of rotatable bonds is 5. The standard InChI is InChI=1S/C19H19FN2O3/c1-24-19(23)17-8-7-16(22-17)12-6-9-18(15(21)10-12)25-11-13-4-2-3-5-14(13)20/h2-6,9-10,17H,7-8,11,21H2,1H3/t17-/m0/s1. The van der Waals surface area contributed by atoms with E-state index in [9.17, 15) is 9.18 Å². The molecule has 2 aromatic carbocycles. The Labute approximate surface area is 145 Å². The summed E-state index contributed by atoms with van der Waals surface area (Å²) in [5.74, 6) is -0.158. The third-order valence-corrected chi connectivity index (χ3v) is 4.12. The van der Waals surface area contributed by atoms with Crippen molar-refractivity contribution >= 4 is 17.4 Å². The number of carbonyl (C=O) groups is 1. The number of hydrogen-bond donors (Lipinski definition) is 1. The molecular formula is C19H19FN2O3. The Balaban J connectivity index is 1.71. The van der Waals surface area contributed by atoms with Crippen molar-refractivity contribution < 1.29 is 18.7 Å². The van der Waals surface area contributed by atoms with Crippen LogP contribution in [0.15, 0.2) is 47.5 Å². The molecule has 0 amide bonds. The molecule has 2 aromatic rings. The fourth-order valence-corrected chi connectivity index (χ4v) is 2.75. The summed E-state index contributed by atoms with van der Waals surface area (Å²) < 4.78 is 24.0. The van der Waals surface area contributed by atoms with Gasteiger partial charge in [-0.2, -0.15) is 0 Å². The summed E-state index contributed by atoms with van der Waals surface area (Å²) in [6.07, 6.45) is 1.32. The van der Waals surface area contributed by atoms with Crippen LogP contribution >= 0.6 is 0 Å². The lowest BCUT2D eigenvalue weighted by atomic mass is 10.1. The van der Waals surface area contributed by atoms with Crippen molar-refractivity contribution in [3.63, 3.8) is 0 Å². The van der Waals surface area contributed by atoms with Gasteiger partial charge in [0.15, 0.2) is 0 Å². The SMILES string of the molecule is COC(=O)[C@@H]1CCC(c2ccc(OCc3ccccc3F)c(N)c2)=N1. The third kappa shape index (κ3) is 3.79. The van der Waals surface area contributed by atoms with Gasteiger partial charge in [0, 0.05) is 11.3 Å². The van der Waals surface area contributed by atoms with Gasteiger partial charge in [0.2, 0.25) is 0 Å². The maximum absolute atomic E-state index is 13.6. The molecule has 1 heterocycles. The van der Waals surface area contributed by atoms with E-state index in [2.05, 4.69) is 4.99 Å². The zero-order chi connectivity index (χ0) is 17.8. The van der Waals surface area contributed by atoms with E-state index in [0.29, 0.717) is 29.8 Å². The lowest BCUT2D eigenvalue weighted by Gasteiger charge is -2.11. The third-order valence-electron chi connectivity index (χ3n) is 4.12. The van der Waals surface area contributed by atoms with Gasteiger partial charge in [-0.15, -0.1) is 0 Å². The smallest absolute Gasteiger partial charge is 0.330 e. The molecule has 0 radical (unpaired) electrons. The van der Waals surface area contributed by atoms with Crippen LogP contribution in [0.5, 0.6) is 5.75 Å². The van der Waals surface area contributed by atoms with Gasteiger partial charge in [-0.3, -0.25) is 4.99 Å². The first-order valence-electron chi connectivity index (χ1n) is 7.99. The van der Waals surface area contributed by atoms with Crippen molar-refractivity contribution in [3.05, 3.63) is 59.4 Å². The summed E-state index contributed by atoms with van der Waals surface area (Å²) in [6, 6.07) is 11.3. The van der Waals surface area contributed by atoms with Gasteiger partial charge in [0.05, 0.1) is 12.8 Å². The Bertz CT molecular complexity index is 820. The first-order valence-corrected chi connectivity index (χ1v) is 7.99. The van der Waals surface area contributed by atoms with E-state index in [4.69, 9.17) is 15.2 Å². The number of benzene rings is 2. The second-order valence-electron chi connectivity index (χ2n) is 5.79. The molecule has 25 heavy (non-hydrogen) atoms. The number of aliphatic imine (C=N–C) groups is 1. The fraction of sp³-hybridized carbons (Fsp3) is 0.263. The first kappa shape index (κ1) is 17.0. The minimum absolute atomic E-state index is 0.0988. The maximum atomic E-state index is 13.6. The first-order chi connectivity index (χ1) is 12.1. The quantitative estimate of drug-likeness (QED) is 0.669. The Morgan fingerprint density at radius 2 is 2.12 bits per heavy atom. The number of anilines is 1. The highest BCUT2D eigenvalue weighted by molar-refractivity contribution is 6.04. The van der Waals surface area contributed by atoms with Crippen molar-refractivity contribution in [2.75, 3.05) is 12.8 Å². The molecule has 0 aromatic heterocycles. The van der Waals surface area contributed by atoms with Crippen LogP contribution in [-0.2, 0) is 16.1 Å². The van der Waals surface area contributed by atoms with E-state index in [1.54, 1.807) is 30.3 Å². The zero-order valence-corrected chi connectivity index (χ0v) is 13.9. The minimum Gasteiger partial charge on any atom is -0.487 e. The fourth-order valence-electron chi connectivity index (χ4n) is 2.75. The molecule has 5 nitrogen and oxygen atoms in total. The summed E-state index contributed by atoms with van der Waals surface area (Å²) in [5, 5.41) is 0. The minimum atomic E-state index is -0.446. The molecule has 0 aliphatic carbocycles. The number of halogens is 1. The summed E-state index contributed by atoms with van der Waals surface area (Å²) in [4.78, 5) is 16.0. The van der Waals surface area contributed by atoms with Crippen molar-refractivity contribution in [3.8, 4) is 5.75 Å². The largest absolute Gasteiger partial charge is 0.487 e. The molecule has 0 spiro atoms. The molecule has 0 bridgehead atoms. The predicted octanol–water partition coefficient (Wildman–Crippen LogP) is 3.11. The molecule has 1 aliphatic rings. The normalized spacial score (nSPS) is 16.4. The molecule has 0 saturated carbocycles. The van der Waals surface area contributed by atoms with Gasteiger partial charge in [0.25, 0.3) is 0 Å². The molecule has 0 saturated heterocycles. The van der Waals surface area contributed by atoms with Gasteiger partial charge >= 0.3 is 5.97 Å². The molecule has 0 unspecified atom stereocenters. The number of esters is 1. The Kier molecular flexibility index (Phi) is 4.97. The van der Waals surface area contributed by atoms with E-state index in [1.807, 2.05) is 6.07 Å². The number of nitrogen functional groups attached to an aromatic ring is 1. The Morgan fingerprint density at radius 3 is 2.84 bits per heavy atom. The van der Waals surface area contributed by atoms with E-state index < -0.39 is 6.04 Å². The molecule has 2 N–H and O–H groups in total. The van der Waals surface area contributed by atoms with E-state index >= 15 is 0 Å². The van der Waals surface area contributed by atoms with Crippen molar-refractivity contribution in [2.45, 2.75) is 25.5 Å². The van der Waals surface area contributed by atoms with Crippen molar-refractivity contribution in [1.82, 2.24) is 0 Å². The second kappa shape index (κ2) is 7.34. The number of methoxy groups -OCH3 is 1. The number of nitrogens with zero attached hydrogens (tertiary/aromatic N) is 1. The van der Waals surface area contributed by atoms with Crippen LogP contribution in [0, 0.1) is 5.82 Å². The van der Waals surface area contributed by atoms with Crippen LogP contribution in [0.4, 0.5) is 10.1 Å². The molecule has 0 fully saturated rings. The average Bonchev–Trinajstić information content (AvgIpc) is 3.11. The van der Waals surface area contributed by atoms with Gasteiger partial charge in [-0.1, -0.05) is 18.2 Å². The summed E-state index contributed by atoms with van der Waals surface area (Å²) in [5.41, 5.74) is 8.63. The molecule has 130 valence electrons. The zero-order valence-electron chi connectivity index (χ0n) is 13.9. The van der Waals surface area contributed by atoms with Crippen LogP contribution < -0.4 is 10.5 Å². The molecule has 3 rings (SSSR count). The number of carbonyl (C=O) groups excluding carboxylic acids is 1. The van der Waals surface area contributed by atoms with Gasteiger partial charge < -0.3 is 15.2 Å². The monoisotopic (exact) mass is 342 g/mol. The van der Waals surface area contributed by atoms with E-state index in [-0.39, 0.29) is 18.4 Å². The lowest BCUT2D eigenvalue weighted by molar-refractivity contribution is -0.141. The van der Waals surface area contributed by atoms with Crippen LogP contribution in [0.1, 0.15) is 24.0 Å². The molecular weight excluding hydrogens is 323 g/mol. The van der Waals surface area contributed by atoms with E-state index in [1.165, 1.54) is 13.2 Å². The van der Waals surface area contributed by atoms with Crippen LogP contribution in [0.3, 0.4) is 0 Å². The number of ether oxygens (including phenoxy) is 2. The topological polar surface area (TPSA) is 73.9 Å². The van der Waals surface area contributed by atoms with Gasteiger partial charge in [0.1, 0.15) is 24.2 Å². The molecule has 1 aliphatic heterocycles. The number of nitrogens with two attached hydrogens (primary N) is 1. The van der Waals surface area contributed by atoms with Crippen LogP contribution in [-0.4, -0.2) is 24.8 Å². The lowest BCUT2D eigenvalue weighted by Crippen LogP contribution is -2.16. The Morgan fingerprint density at radius 1 is 1.32 bits per heavy atom. The van der Waals surface area contributed by atoms with Crippen LogP contribution in [0.25, 0.3) is 0 Å². The highest BCUT2D eigenvalue weighted by Gasteiger charge is 2.25. The highest BCUT2D eigenvalue weighted by atomic mass is 19.1. The van der Waals surface area contributed by atoms with Crippen molar-refractivity contribution in [2.24, 2.45) is 4.99 Å². The molecule has 1 atom stereocenters. The van der Waals surface area contributed by atoms with Gasteiger partial charge in [-0.05, 0) is 42.7 Å². The summed E-state index contributed by atoms with van der Waals surface area (Å²) in [6.45, 7) is 0.0988. The summed E-state index contributed by atoms with van der Waals surface area (Å²) >= 11 is 0. The Hall–Kier alpha value is -2.89. The summed E-state index contributed by atoms with van der Waals surface area (Å²) in [7, 11) is 1.36. The van der Waals surface area contributed by atoms with Crippen LogP contribution in [0.2, 0.25) is 0 Å².